The van der Waals surface area contributed by atoms with Gasteiger partial charge in [0, 0.05) is 19.6 Å². The van der Waals surface area contributed by atoms with Gasteiger partial charge in [0.1, 0.15) is 6.10 Å². The monoisotopic (exact) mass is 260 g/mol. The summed E-state index contributed by atoms with van der Waals surface area (Å²) in [6, 6.07) is 10.6. The molecule has 0 bridgehead atoms. The number of fused-ring (bicyclic) bond motifs is 1. The van der Waals surface area contributed by atoms with E-state index in [1.165, 1.54) is 5.56 Å². The molecule has 2 atom stereocenters. The molecule has 0 spiro atoms. The summed E-state index contributed by atoms with van der Waals surface area (Å²) in [5.74, 6) is 0. The Labute approximate surface area is 113 Å². The highest BCUT2D eigenvalue weighted by atomic mass is 16.6. The number of nitrogens with zero attached hydrogens (tertiary/aromatic N) is 2. The van der Waals surface area contributed by atoms with E-state index in [1.807, 2.05) is 23.1 Å². The zero-order chi connectivity index (χ0) is 13.2. The summed E-state index contributed by atoms with van der Waals surface area (Å²) in [5.41, 5.74) is 1.27. The number of piperidine rings is 1. The average molecular weight is 260 g/mol. The Bertz CT molecular complexity index is 449. The van der Waals surface area contributed by atoms with Crippen LogP contribution in [0.1, 0.15) is 12.0 Å². The summed E-state index contributed by atoms with van der Waals surface area (Å²) in [6.45, 7) is 2.66. The van der Waals surface area contributed by atoms with Gasteiger partial charge >= 0.3 is 6.09 Å². The van der Waals surface area contributed by atoms with Crippen molar-refractivity contribution in [3.05, 3.63) is 35.9 Å². The minimum atomic E-state index is -0.138. The molecule has 102 valence electrons. The first-order chi connectivity index (χ1) is 9.24. The molecule has 0 N–H and O–H groups in total. The summed E-state index contributed by atoms with van der Waals surface area (Å²) in [4.78, 5) is 16.1. The third-order valence-corrected chi connectivity index (χ3v) is 4.10. The lowest BCUT2D eigenvalue weighted by Crippen LogP contribution is -2.48. The zero-order valence-electron chi connectivity index (χ0n) is 11.3. The SMILES string of the molecule is CN1CC[C@H]2[C@H](C1)OC(=O)N2CCc1ccccc1. The van der Waals surface area contributed by atoms with Crippen LogP contribution < -0.4 is 0 Å². The Kier molecular flexibility index (Phi) is 3.42. The Hall–Kier alpha value is -1.55. The molecule has 0 radical (unpaired) electrons. The molecular weight excluding hydrogens is 240 g/mol. The molecule has 0 saturated carbocycles. The maximum atomic E-state index is 12.0. The molecule has 2 fully saturated rings. The van der Waals surface area contributed by atoms with Crippen molar-refractivity contribution in [2.24, 2.45) is 0 Å². The predicted octanol–water partition coefficient (Wildman–Crippen LogP) is 1.75. The van der Waals surface area contributed by atoms with Crippen LogP contribution in [0, 0.1) is 0 Å². The first-order valence-corrected chi connectivity index (χ1v) is 6.94. The summed E-state index contributed by atoms with van der Waals surface area (Å²) >= 11 is 0. The van der Waals surface area contributed by atoms with Crippen LogP contribution in [0.15, 0.2) is 30.3 Å². The second-order valence-corrected chi connectivity index (χ2v) is 5.47. The van der Waals surface area contributed by atoms with Crippen LogP contribution in [-0.4, -0.2) is 54.7 Å². The first kappa shape index (κ1) is 12.5. The Morgan fingerprint density at radius 1 is 1.32 bits per heavy atom. The van der Waals surface area contributed by atoms with Crippen LogP contribution in [0.3, 0.4) is 0 Å². The molecular formula is C15H20N2O2. The number of hydrogen-bond donors (Lipinski definition) is 0. The van der Waals surface area contributed by atoms with Crippen LogP contribution in [0.25, 0.3) is 0 Å². The van der Waals surface area contributed by atoms with Crippen LogP contribution in [0.2, 0.25) is 0 Å². The number of likely N-dealkylation sites (N-methyl/N-ethyl adjacent to an activating group) is 1. The van der Waals surface area contributed by atoms with Gasteiger partial charge in [-0.2, -0.15) is 0 Å². The summed E-state index contributed by atoms with van der Waals surface area (Å²) in [5, 5.41) is 0. The van der Waals surface area contributed by atoms with Crippen LogP contribution >= 0.6 is 0 Å². The van der Waals surface area contributed by atoms with Crippen LogP contribution in [-0.2, 0) is 11.2 Å². The molecule has 0 aromatic heterocycles. The van der Waals surface area contributed by atoms with E-state index in [4.69, 9.17) is 4.74 Å². The molecule has 4 heteroatoms. The van der Waals surface area contributed by atoms with Crippen molar-refractivity contribution in [1.82, 2.24) is 9.80 Å². The van der Waals surface area contributed by atoms with Gasteiger partial charge < -0.3 is 14.5 Å². The molecule has 19 heavy (non-hydrogen) atoms. The number of carbonyl (C=O) groups excluding carboxylic acids is 1. The van der Waals surface area contributed by atoms with Crippen molar-refractivity contribution in [3.63, 3.8) is 0 Å². The van der Waals surface area contributed by atoms with Crippen molar-refractivity contribution in [3.8, 4) is 0 Å². The van der Waals surface area contributed by atoms with E-state index in [0.717, 1.165) is 32.5 Å². The summed E-state index contributed by atoms with van der Waals surface area (Å²) in [7, 11) is 2.08. The predicted molar refractivity (Wildman–Crippen MR) is 73.0 cm³/mol. The van der Waals surface area contributed by atoms with E-state index < -0.39 is 0 Å². The number of hydrogen-bond acceptors (Lipinski definition) is 3. The molecule has 2 aliphatic heterocycles. The van der Waals surface area contributed by atoms with Crippen molar-refractivity contribution in [2.45, 2.75) is 25.0 Å². The molecule has 0 unspecified atom stereocenters. The number of amides is 1. The number of carbonyl (C=O) groups is 1. The van der Waals surface area contributed by atoms with E-state index in [-0.39, 0.29) is 18.2 Å². The van der Waals surface area contributed by atoms with Gasteiger partial charge in [-0.15, -0.1) is 0 Å². The fraction of sp³-hybridized carbons (Fsp3) is 0.533. The minimum absolute atomic E-state index is 0.0574. The normalized spacial score (nSPS) is 27.2. The minimum Gasteiger partial charge on any atom is -0.443 e. The van der Waals surface area contributed by atoms with E-state index in [0.29, 0.717) is 0 Å². The largest absolute Gasteiger partial charge is 0.443 e. The molecule has 4 nitrogen and oxygen atoms in total. The molecule has 1 amide bonds. The second-order valence-electron chi connectivity index (χ2n) is 5.47. The zero-order valence-corrected chi connectivity index (χ0v) is 11.3. The Morgan fingerprint density at radius 3 is 2.89 bits per heavy atom. The van der Waals surface area contributed by atoms with Gasteiger partial charge in [-0.05, 0) is 25.5 Å². The Morgan fingerprint density at radius 2 is 2.11 bits per heavy atom. The fourth-order valence-electron chi connectivity index (χ4n) is 3.01. The summed E-state index contributed by atoms with van der Waals surface area (Å²) < 4.78 is 5.48. The summed E-state index contributed by atoms with van der Waals surface area (Å²) in [6.07, 6.45) is 1.83. The highest BCUT2D eigenvalue weighted by Crippen LogP contribution is 2.26. The van der Waals surface area contributed by atoms with Crippen molar-refractivity contribution in [1.29, 1.82) is 0 Å². The molecule has 3 rings (SSSR count). The third kappa shape index (κ3) is 2.59. The lowest BCUT2D eigenvalue weighted by molar-refractivity contribution is 0.0785. The van der Waals surface area contributed by atoms with Gasteiger partial charge in [-0.25, -0.2) is 4.79 Å². The van der Waals surface area contributed by atoms with E-state index in [2.05, 4.69) is 24.1 Å². The van der Waals surface area contributed by atoms with Gasteiger partial charge in [-0.3, -0.25) is 0 Å². The first-order valence-electron chi connectivity index (χ1n) is 6.94. The maximum absolute atomic E-state index is 12.0. The van der Waals surface area contributed by atoms with Gasteiger partial charge in [0.05, 0.1) is 6.04 Å². The topological polar surface area (TPSA) is 32.8 Å². The smallest absolute Gasteiger partial charge is 0.410 e. The lowest BCUT2D eigenvalue weighted by Gasteiger charge is -2.33. The number of rotatable bonds is 3. The van der Waals surface area contributed by atoms with Gasteiger partial charge in [0.2, 0.25) is 0 Å². The van der Waals surface area contributed by atoms with Crippen LogP contribution in [0.5, 0.6) is 0 Å². The van der Waals surface area contributed by atoms with E-state index in [1.54, 1.807) is 0 Å². The van der Waals surface area contributed by atoms with Gasteiger partial charge in [0.15, 0.2) is 0 Å². The standard InChI is InChI=1S/C15H20N2O2/c1-16-9-8-13-14(11-16)19-15(18)17(13)10-7-12-5-3-2-4-6-12/h2-6,13-14H,7-11H2,1H3/t13-,14-/m0/s1. The maximum Gasteiger partial charge on any atom is 0.410 e. The fourth-order valence-corrected chi connectivity index (χ4v) is 3.01. The molecule has 2 heterocycles. The van der Waals surface area contributed by atoms with E-state index in [9.17, 15) is 4.79 Å². The molecule has 2 saturated heterocycles. The molecule has 2 aliphatic rings. The highest BCUT2D eigenvalue weighted by Gasteiger charge is 2.43. The third-order valence-electron chi connectivity index (χ3n) is 4.10. The number of likely N-dealkylation sites (tertiary alicyclic amines) is 1. The molecule has 1 aromatic rings. The van der Waals surface area contributed by atoms with Crippen molar-refractivity contribution < 1.29 is 9.53 Å². The van der Waals surface area contributed by atoms with E-state index >= 15 is 0 Å². The number of benzene rings is 1. The van der Waals surface area contributed by atoms with Crippen molar-refractivity contribution in [2.75, 3.05) is 26.7 Å². The highest BCUT2D eigenvalue weighted by molar-refractivity contribution is 5.70. The van der Waals surface area contributed by atoms with Crippen molar-refractivity contribution >= 4 is 6.09 Å². The average Bonchev–Trinajstić information content (AvgIpc) is 2.72. The number of ether oxygens (including phenoxy) is 1. The second kappa shape index (κ2) is 5.21. The van der Waals surface area contributed by atoms with Gasteiger partial charge in [0.25, 0.3) is 0 Å². The molecule has 0 aliphatic carbocycles. The lowest BCUT2D eigenvalue weighted by atomic mass is 10.0. The molecule has 1 aromatic carbocycles. The Balaban J connectivity index is 1.63. The quantitative estimate of drug-likeness (QED) is 0.830. The van der Waals surface area contributed by atoms with Crippen LogP contribution in [0.4, 0.5) is 4.79 Å². The van der Waals surface area contributed by atoms with Gasteiger partial charge in [-0.1, -0.05) is 30.3 Å².